The first-order chi connectivity index (χ1) is 8.49. The monoisotopic (exact) mass is 255 g/mol. The third-order valence-corrected chi connectivity index (χ3v) is 2.99. The predicted molar refractivity (Wildman–Crippen MR) is 68.5 cm³/mol. The van der Waals surface area contributed by atoms with Crippen LogP contribution in [0.1, 0.15) is 32.2 Å². The lowest BCUT2D eigenvalue weighted by molar-refractivity contribution is 0.204. The summed E-state index contributed by atoms with van der Waals surface area (Å²) >= 11 is 0. The molecule has 0 aliphatic heterocycles. The minimum Gasteiger partial charge on any atom is -0.396 e. The molecule has 1 aromatic rings. The molecule has 0 aromatic carbocycles. The highest BCUT2D eigenvalue weighted by Gasteiger charge is 2.17. The summed E-state index contributed by atoms with van der Waals surface area (Å²) in [5.74, 6) is 0.662. The normalized spacial score (nSPS) is 14.1. The third kappa shape index (κ3) is 3.46. The fourth-order valence-corrected chi connectivity index (χ4v) is 1.47. The van der Waals surface area contributed by atoms with E-state index in [1.54, 1.807) is 6.92 Å². The van der Waals surface area contributed by atoms with E-state index in [2.05, 4.69) is 15.8 Å². The molecule has 0 aliphatic rings. The van der Waals surface area contributed by atoms with E-state index in [0.717, 1.165) is 0 Å². The van der Waals surface area contributed by atoms with Gasteiger partial charge in [-0.25, -0.2) is 4.79 Å². The summed E-state index contributed by atoms with van der Waals surface area (Å²) in [7, 11) is 0. The van der Waals surface area contributed by atoms with Crippen molar-refractivity contribution in [3.05, 3.63) is 11.5 Å². The molecule has 0 radical (unpaired) electrons. The van der Waals surface area contributed by atoms with Crippen molar-refractivity contribution >= 4 is 11.7 Å². The first-order valence-electron chi connectivity index (χ1n) is 6.13. The van der Waals surface area contributed by atoms with E-state index >= 15 is 0 Å². The van der Waals surface area contributed by atoms with Crippen LogP contribution >= 0.6 is 0 Å². The van der Waals surface area contributed by atoms with Crippen LogP contribution in [0, 0.1) is 12.8 Å². The standard InChI is InChI=1S/C12H21N3O3/c1-5-10-11(9(4)15-18-10)14-12(17)13-8(3)7(2)6-16/h7-8,16H,5-6H2,1-4H3,(H2,13,14,17). The summed E-state index contributed by atoms with van der Waals surface area (Å²) in [6.45, 7) is 7.46. The summed E-state index contributed by atoms with van der Waals surface area (Å²) < 4.78 is 5.09. The zero-order valence-corrected chi connectivity index (χ0v) is 11.3. The van der Waals surface area contributed by atoms with Crippen molar-refractivity contribution in [3.8, 4) is 0 Å². The smallest absolute Gasteiger partial charge is 0.319 e. The van der Waals surface area contributed by atoms with Crippen LogP contribution in [0.25, 0.3) is 0 Å². The number of hydrogen-bond acceptors (Lipinski definition) is 4. The quantitative estimate of drug-likeness (QED) is 0.747. The van der Waals surface area contributed by atoms with Crippen LogP contribution in [-0.2, 0) is 6.42 Å². The van der Waals surface area contributed by atoms with Gasteiger partial charge in [0.1, 0.15) is 11.4 Å². The molecule has 0 spiro atoms. The lowest BCUT2D eigenvalue weighted by Crippen LogP contribution is -2.41. The van der Waals surface area contributed by atoms with Crippen molar-refractivity contribution in [2.24, 2.45) is 5.92 Å². The van der Waals surface area contributed by atoms with E-state index in [1.165, 1.54) is 0 Å². The summed E-state index contributed by atoms with van der Waals surface area (Å²) in [6, 6.07) is -0.427. The average molecular weight is 255 g/mol. The summed E-state index contributed by atoms with van der Waals surface area (Å²) in [5, 5.41) is 18.3. The van der Waals surface area contributed by atoms with Gasteiger partial charge in [-0.1, -0.05) is 19.0 Å². The lowest BCUT2D eigenvalue weighted by atomic mass is 10.1. The Hall–Kier alpha value is -1.56. The zero-order valence-electron chi connectivity index (χ0n) is 11.3. The van der Waals surface area contributed by atoms with Gasteiger partial charge in [0, 0.05) is 19.1 Å². The molecule has 1 heterocycles. The molecule has 0 aliphatic carbocycles. The number of anilines is 1. The Morgan fingerprint density at radius 2 is 2.17 bits per heavy atom. The van der Waals surface area contributed by atoms with Crippen molar-refractivity contribution < 1.29 is 14.4 Å². The molecule has 2 amide bonds. The number of carbonyl (C=O) groups excluding carboxylic acids is 1. The van der Waals surface area contributed by atoms with Gasteiger partial charge in [0.05, 0.1) is 0 Å². The number of nitrogens with one attached hydrogen (secondary N) is 2. The highest BCUT2D eigenvalue weighted by molar-refractivity contribution is 5.90. The Labute approximate surface area is 107 Å². The molecular weight excluding hydrogens is 234 g/mol. The number of amides is 2. The van der Waals surface area contributed by atoms with Crippen molar-refractivity contribution in [1.82, 2.24) is 10.5 Å². The van der Waals surface area contributed by atoms with Gasteiger partial charge in [0.25, 0.3) is 0 Å². The predicted octanol–water partition coefficient (Wildman–Crippen LogP) is 1.68. The van der Waals surface area contributed by atoms with E-state index in [0.29, 0.717) is 23.6 Å². The molecule has 0 saturated heterocycles. The van der Waals surface area contributed by atoms with Crippen LogP contribution in [0.4, 0.5) is 10.5 Å². The number of aromatic nitrogens is 1. The molecule has 3 N–H and O–H groups in total. The summed E-state index contributed by atoms with van der Waals surface area (Å²) in [6.07, 6.45) is 0.666. The molecule has 0 bridgehead atoms. The summed E-state index contributed by atoms with van der Waals surface area (Å²) in [5.41, 5.74) is 1.28. The SMILES string of the molecule is CCc1onc(C)c1NC(=O)NC(C)C(C)CO. The number of carbonyl (C=O) groups is 1. The number of hydrogen-bond donors (Lipinski definition) is 3. The van der Waals surface area contributed by atoms with Crippen LogP contribution in [-0.4, -0.2) is 28.9 Å². The Morgan fingerprint density at radius 1 is 1.50 bits per heavy atom. The number of rotatable bonds is 5. The highest BCUT2D eigenvalue weighted by Crippen LogP contribution is 2.20. The average Bonchev–Trinajstić information content (AvgIpc) is 2.69. The molecule has 18 heavy (non-hydrogen) atoms. The first-order valence-corrected chi connectivity index (χ1v) is 6.13. The third-order valence-electron chi connectivity index (χ3n) is 2.99. The second-order valence-corrected chi connectivity index (χ2v) is 4.47. The minimum atomic E-state index is -0.316. The number of aryl methyl sites for hydroxylation is 2. The number of nitrogens with zero attached hydrogens (tertiary/aromatic N) is 1. The maximum atomic E-state index is 11.8. The first kappa shape index (κ1) is 14.5. The molecule has 1 rings (SSSR count). The van der Waals surface area contributed by atoms with Crippen LogP contribution in [0.3, 0.4) is 0 Å². The van der Waals surface area contributed by atoms with Crippen LogP contribution in [0.5, 0.6) is 0 Å². The van der Waals surface area contributed by atoms with Crippen LogP contribution in [0.2, 0.25) is 0 Å². The second-order valence-electron chi connectivity index (χ2n) is 4.47. The van der Waals surface area contributed by atoms with Gasteiger partial charge in [-0.2, -0.15) is 0 Å². The fraction of sp³-hybridized carbons (Fsp3) is 0.667. The van der Waals surface area contributed by atoms with Crippen LogP contribution in [0.15, 0.2) is 4.52 Å². The van der Waals surface area contributed by atoms with Gasteiger partial charge in [-0.05, 0) is 19.8 Å². The van der Waals surface area contributed by atoms with E-state index < -0.39 is 0 Å². The largest absolute Gasteiger partial charge is 0.396 e. The molecule has 0 fully saturated rings. The molecule has 6 nitrogen and oxygen atoms in total. The van der Waals surface area contributed by atoms with Gasteiger partial charge in [0.2, 0.25) is 0 Å². The highest BCUT2D eigenvalue weighted by atomic mass is 16.5. The molecular formula is C12H21N3O3. The van der Waals surface area contributed by atoms with E-state index in [4.69, 9.17) is 9.63 Å². The zero-order chi connectivity index (χ0) is 13.7. The Kier molecular flexibility index (Phi) is 5.15. The molecule has 2 atom stereocenters. The Morgan fingerprint density at radius 3 is 2.72 bits per heavy atom. The summed E-state index contributed by atoms with van der Waals surface area (Å²) in [4.78, 5) is 11.8. The molecule has 2 unspecified atom stereocenters. The maximum absolute atomic E-state index is 11.8. The maximum Gasteiger partial charge on any atom is 0.319 e. The van der Waals surface area contributed by atoms with Gasteiger partial charge in [-0.15, -0.1) is 0 Å². The topological polar surface area (TPSA) is 87.4 Å². The van der Waals surface area contributed by atoms with Crippen molar-refractivity contribution in [3.63, 3.8) is 0 Å². The fourth-order valence-electron chi connectivity index (χ4n) is 1.47. The number of aliphatic hydroxyl groups is 1. The van der Waals surface area contributed by atoms with Gasteiger partial charge in [-0.3, -0.25) is 0 Å². The molecule has 1 aromatic heterocycles. The van der Waals surface area contributed by atoms with Gasteiger partial charge >= 0.3 is 6.03 Å². The van der Waals surface area contributed by atoms with Crippen LogP contribution < -0.4 is 10.6 Å². The van der Waals surface area contributed by atoms with Crippen molar-refractivity contribution in [1.29, 1.82) is 0 Å². The van der Waals surface area contributed by atoms with Gasteiger partial charge in [0.15, 0.2) is 5.76 Å². The Balaban J connectivity index is 2.62. The lowest BCUT2D eigenvalue weighted by Gasteiger charge is -2.19. The van der Waals surface area contributed by atoms with Gasteiger partial charge < -0.3 is 20.3 Å². The van der Waals surface area contributed by atoms with E-state index in [-0.39, 0.29) is 24.6 Å². The second kappa shape index (κ2) is 6.39. The van der Waals surface area contributed by atoms with Crippen molar-refractivity contribution in [2.45, 2.75) is 40.2 Å². The van der Waals surface area contributed by atoms with Crippen molar-refractivity contribution in [2.75, 3.05) is 11.9 Å². The van der Waals surface area contributed by atoms with E-state index in [9.17, 15) is 4.79 Å². The minimum absolute atomic E-state index is 0.00460. The Bertz CT molecular complexity index is 403. The molecule has 6 heteroatoms. The molecule has 102 valence electrons. The number of aliphatic hydroxyl groups excluding tert-OH is 1. The number of urea groups is 1. The van der Waals surface area contributed by atoms with E-state index in [1.807, 2.05) is 20.8 Å². The molecule has 0 saturated carbocycles.